The lowest BCUT2D eigenvalue weighted by Gasteiger charge is -2.32. The van der Waals surface area contributed by atoms with Crippen molar-refractivity contribution in [1.29, 1.82) is 0 Å². The van der Waals surface area contributed by atoms with Crippen LogP contribution in [0.1, 0.15) is 31.0 Å². The number of nitrogens with zero attached hydrogens (tertiary/aromatic N) is 1. The average molecular weight is 255 g/mol. The molecule has 0 saturated carbocycles. The van der Waals surface area contributed by atoms with E-state index in [2.05, 4.69) is 56.0 Å². The molecular weight excluding hydrogens is 234 g/mol. The topological polar surface area (TPSA) is 23.5 Å². The molecule has 2 aromatic carbocycles. The molecule has 100 valence electrons. The van der Waals surface area contributed by atoms with Gasteiger partial charge in [0.2, 0.25) is 0 Å². The Kier molecular flexibility index (Phi) is 4.10. The van der Waals surface area contributed by atoms with Crippen LogP contribution in [0.2, 0.25) is 0 Å². The summed E-state index contributed by atoms with van der Waals surface area (Å²) in [5, 5.41) is 9.62. The van der Waals surface area contributed by atoms with Crippen LogP contribution in [0.15, 0.2) is 48.5 Å². The van der Waals surface area contributed by atoms with Crippen LogP contribution in [0.4, 0.5) is 5.69 Å². The van der Waals surface area contributed by atoms with Crippen molar-refractivity contribution in [3.8, 4) is 5.75 Å². The maximum Gasteiger partial charge on any atom is 0.115 e. The van der Waals surface area contributed by atoms with Crippen molar-refractivity contribution in [3.05, 3.63) is 59.7 Å². The molecule has 0 aliphatic heterocycles. The zero-order valence-electron chi connectivity index (χ0n) is 11.8. The monoisotopic (exact) mass is 255 g/mol. The zero-order valence-corrected chi connectivity index (χ0v) is 11.8. The second-order valence-electron chi connectivity index (χ2n) is 4.84. The Morgan fingerprint density at radius 2 is 1.84 bits per heavy atom. The normalized spacial score (nSPS) is 12.2. The quantitative estimate of drug-likeness (QED) is 0.881. The van der Waals surface area contributed by atoms with Crippen LogP contribution in [0.5, 0.6) is 5.75 Å². The third-order valence-electron chi connectivity index (χ3n) is 3.59. The number of benzene rings is 2. The van der Waals surface area contributed by atoms with Crippen molar-refractivity contribution in [2.24, 2.45) is 0 Å². The van der Waals surface area contributed by atoms with E-state index in [-0.39, 0.29) is 6.04 Å². The molecule has 1 unspecified atom stereocenters. The van der Waals surface area contributed by atoms with Crippen molar-refractivity contribution in [2.45, 2.75) is 26.8 Å². The number of aromatic hydroxyl groups is 1. The average Bonchev–Trinajstić information content (AvgIpc) is 2.41. The number of phenols is 1. The molecule has 1 atom stereocenters. The van der Waals surface area contributed by atoms with Crippen molar-refractivity contribution < 1.29 is 5.11 Å². The van der Waals surface area contributed by atoms with Crippen LogP contribution < -0.4 is 4.90 Å². The van der Waals surface area contributed by atoms with Gasteiger partial charge in [0, 0.05) is 12.2 Å². The lowest BCUT2D eigenvalue weighted by Crippen LogP contribution is -2.27. The first-order chi connectivity index (χ1) is 9.13. The standard InChI is InChI=1S/C17H21NO/c1-4-18(17-11-6-5-8-13(17)2)14(3)15-9-7-10-16(19)12-15/h5-12,14,19H,4H2,1-3H3. The number of phenolic OH excluding ortho intramolecular Hbond substituents is 1. The molecule has 2 aromatic rings. The van der Waals surface area contributed by atoms with Gasteiger partial charge in [-0.3, -0.25) is 0 Å². The summed E-state index contributed by atoms with van der Waals surface area (Å²) in [6.07, 6.45) is 0. The Labute approximate surface area is 115 Å². The van der Waals surface area contributed by atoms with Gasteiger partial charge in [-0.1, -0.05) is 30.3 Å². The van der Waals surface area contributed by atoms with E-state index in [4.69, 9.17) is 0 Å². The predicted octanol–water partition coefficient (Wildman–Crippen LogP) is 4.29. The van der Waals surface area contributed by atoms with Gasteiger partial charge in [0.25, 0.3) is 0 Å². The van der Waals surface area contributed by atoms with E-state index in [0.29, 0.717) is 5.75 Å². The summed E-state index contributed by atoms with van der Waals surface area (Å²) in [6.45, 7) is 7.39. The van der Waals surface area contributed by atoms with Gasteiger partial charge in [0.05, 0.1) is 6.04 Å². The molecule has 0 amide bonds. The molecule has 0 saturated heterocycles. The highest BCUT2D eigenvalue weighted by molar-refractivity contribution is 5.54. The molecule has 2 rings (SSSR count). The lowest BCUT2D eigenvalue weighted by atomic mass is 10.0. The van der Waals surface area contributed by atoms with Crippen LogP contribution in [-0.4, -0.2) is 11.7 Å². The second-order valence-corrected chi connectivity index (χ2v) is 4.84. The highest BCUT2D eigenvalue weighted by Gasteiger charge is 2.16. The Morgan fingerprint density at radius 1 is 1.11 bits per heavy atom. The Hall–Kier alpha value is -1.96. The molecule has 2 nitrogen and oxygen atoms in total. The minimum Gasteiger partial charge on any atom is -0.508 e. The molecule has 1 N–H and O–H groups in total. The summed E-state index contributed by atoms with van der Waals surface area (Å²) in [6, 6.07) is 16.2. The summed E-state index contributed by atoms with van der Waals surface area (Å²) in [5.41, 5.74) is 3.65. The molecule has 0 aromatic heterocycles. The van der Waals surface area contributed by atoms with Crippen LogP contribution in [0.25, 0.3) is 0 Å². The van der Waals surface area contributed by atoms with Crippen molar-refractivity contribution in [1.82, 2.24) is 0 Å². The molecule has 0 spiro atoms. The number of hydrogen-bond acceptors (Lipinski definition) is 2. The smallest absolute Gasteiger partial charge is 0.115 e. The lowest BCUT2D eigenvalue weighted by molar-refractivity contribution is 0.473. The van der Waals surface area contributed by atoms with Gasteiger partial charge in [-0.05, 0) is 50.1 Å². The zero-order chi connectivity index (χ0) is 13.8. The molecule has 19 heavy (non-hydrogen) atoms. The van der Waals surface area contributed by atoms with Crippen LogP contribution in [0, 0.1) is 6.92 Å². The fraction of sp³-hybridized carbons (Fsp3) is 0.294. The fourth-order valence-electron chi connectivity index (χ4n) is 2.50. The van der Waals surface area contributed by atoms with Gasteiger partial charge in [-0.25, -0.2) is 0 Å². The maximum absolute atomic E-state index is 9.62. The van der Waals surface area contributed by atoms with Crippen molar-refractivity contribution >= 4 is 5.69 Å². The molecule has 0 bridgehead atoms. The maximum atomic E-state index is 9.62. The van der Waals surface area contributed by atoms with Gasteiger partial charge < -0.3 is 10.0 Å². The number of para-hydroxylation sites is 1. The van der Waals surface area contributed by atoms with Gasteiger partial charge in [-0.2, -0.15) is 0 Å². The summed E-state index contributed by atoms with van der Waals surface area (Å²) >= 11 is 0. The Balaban J connectivity index is 2.35. The van der Waals surface area contributed by atoms with Gasteiger partial charge in [0.15, 0.2) is 0 Å². The summed E-state index contributed by atoms with van der Waals surface area (Å²) < 4.78 is 0. The Bertz CT molecular complexity index is 550. The van der Waals surface area contributed by atoms with E-state index in [0.717, 1.165) is 12.1 Å². The highest BCUT2D eigenvalue weighted by atomic mass is 16.3. The molecule has 0 aliphatic rings. The third kappa shape index (κ3) is 2.90. The number of hydrogen-bond donors (Lipinski definition) is 1. The van der Waals surface area contributed by atoms with E-state index in [1.54, 1.807) is 6.07 Å². The third-order valence-corrected chi connectivity index (χ3v) is 3.59. The van der Waals surface area contributed by atoms with Crippen molar-refractivity contribution in [2.75, 3.05) is 11.4 Å². The molecule has 0 aliphatic carbocycles. The number of aryl methyl sites for hydroxylation is 1. The summed E-state index contributed by atoms with van der Waals surface area (Å²) in [5.74, 6) is 0.324. The molecule has 0 radical (unpaired) electrons. The first-order valence-corrected chi connectivity index (χ1v) is 6.74. The summed E-state index contributed by atoms with van der Waals surface area (Å²) in [4.78, 5) is 2.35. The summed E-state index contributed by atoms with van der Waals surface area (Å²) in [7, 11) is 0. The van der Waals surface area contributed by atoms with E-state index < -0.39 is 0 Å². The molecule has 0 heterocycles. The highest BCUT2D eigenvalue weighted by Crippen LogP contribution is 2.30. The molecule has 2 heteroatoms. The Morgan fingerprint density at radius 3 is 2.47 bits per heavy atom. The van der Waals surface area contributed by atoms with Gasteiger partial charge >= 0.3 is 0 Å². The second kappa shape index (κ2) is 5.79. The van der Waals surface area contributed by atoms with Crippen molar-refractivity contribution in [3.63, 3.8) is 0 Å². The van der Waals surface area contributed by atoms with E-state index in [1.165, 1.54) is 11.3 Å². The first kappa shape index (κ1) is 13.5. The first-order valence-electron chi connectivity index (χ1n) is 6.74. The SMILES string of the molecule is CCN(c1ccccc1C)C(C)c1cccc(O)c1. The van der Waals surface area contributed by atoms with E-state index in [9.17, 15) is 5.11 Å². The molecule has 0 fully saturated rings. The largest absolute Gasteiger partial charge is 0.508 e. The van der Waals surface area contributed by atoms with Crippen LogP contribution in [0.3, 0.4) is 0 Å². The minimum atomic E-state index is 0.234. The minimum absolute atomic E-state index is 0.234. The number of rotatable bonds is 4. The van der Waals surface area contributed by atoms with Gasteiger partial charge in [0.1, 0.15) is 5.75 Å². The predicted molar refractivity (Wildman–Crippen MR) is 80.7 cm³/mol. The van der Waals surface area contributed by atoms with Crippen LogP contribution in [-0.2, 0) is 0 Å². The van der Waals surface area contributed by atoms with Gasteiger partial charge in [-0.15, -0.1) is 0 Å². The van der Waals surface area contributed by atoms with Crippen LogP contribution >= 0.6 is 0 Å². The molecular formula is C17H21NO. The fourth-order valence-corrected chi connectivity index (χ4v) is 2.50. The van der Waals surface area contributed by atoms with E-state index in [1.807, 2.05) is 12.1 Å². The van der Waals surface area contributed by atoms with E-state index >= 15 is 0 Å². The number of anilines is 1.